The van der Waals surface area contributed by atoms with Gasteiger partial charge in [-0.15, -0.1) is 0 Å². The maximum Gasteiger partial charge on any atom is -0.0184 e. The van der Waals surface area contributed by atoms with Crippen molar-refractivity contribution in [2.24, 2.45) is 0 Å². The summed E-state index contributed by atoms with van der Waals surface area (Å²) >= 11 is 0. The van der Waals surface area contributed by atoms with Crippen LogP contribution in [0.3, 0.4) is 0 Å². The zero-order valence-electron chi connectivity index (χ0n) is 19.1. The van der Waals surface area contributed by atoms with Crippen molar-refractivity contribution in [3.63, 3.8) is 0 Å². The molecule has 0 saturated carbocycles. The molecule has 0 unspecified atom stereocenters. The smallest absolute Gasteiger partial charge is 0.0184 e. The molecule has 0 spiro atoms. The van der Waals surface area contributed by atoms with Crippen LogP contribution in [0.15, 0.2) is 110 Å². The van der Waals surface area contributed by atoms with Crippen molar-refractivity contribution < 1.29 is 0 Å². The Bertz CT molecular complexity index is 877. The molecule has 3 rings (SSSR count). The summed E-state index contributed by atoms with van der Waals surface area (Å²) in [5, 5.41) is 0. The van der Waals surface area contributed by atoms with Gasteiger partial charge in [0.1, 0.15) is 0 Å². The number of rotatable bonds is 5. The highest BCUT2D eigenvalue weighted by molar-refractivity contribution is 5.74. The first-order valence-corrected chi connectivity index (χ1v) is 10.7. The van der Waals surface area contributed by atoms with Gasteiger partial charge >= 0.3 is 0 Å². The third-order valence-electron chi connectivity index (χ3n) is 4.56. The van der Waals surface area contributed by atoms with Gasteiger partial charge in [0.25, 0.3) is 0 Å². The zero-order valence-corrected chi connectivity index (χ0v) is 19.1. The van der Waals surface area contributed by atoms with Crippen molar-refractivity contribution in [2.45, 2.75) is 40.5 Å². The fourth-order valence-corrected chi connectivity index (χ4v) is 2.53. The van der Waals surface area contributed by atoms with Gasteiger partial charge < -0.3 is 0 Å². The zero-order chi connectivity index (χ0) is 22.2. The Kier molecular flexibility index (Phi) is 12.3. The summed E-state index contributed by atoms with van der Waals surface area (Å²) in [7, 11) is 0. The maximum absolute atomic E-state index is 3.76. The quantitative estimate of drug-likeness (QED) is 0.377. The van der Waals surface area contributed by atoms with E-state index >= 15 is 0 Å². The van der Waals surface area contributed by atoms with E-state index < -0.39 is 0 Å². The molecule has 0 aliphatic carbocycles. The molecule has 0 nitrogen and oxygen atoms in total. The summed E-state index contributed by atoms with van der Waals surface area (Å²) in [6.45, 7) is 16.0. The van der Waals surface area contributed by atoms with E-state index in [-0.39, 0.29) is 0 Å². The maximum atomic E-state index is 3.76. The molecule has 0 radical (unpaired) electrons. The summed E-state index contributed by atoms with van der Waals surface area (Å²) in [6, 6.07) is 27.4. The van der Waals surface area contributed by atoms with E-state index in [9.17, 15) is 0 Å². The number of benzene rings is 3. The van der Waals surface area contributed by atoms with Gasteiger partial charge in [-0.1, -0.05) is 148 Å². The third kappa shape index (κ3) is 9.39. The highest BCUT2D eigenvalue weighted by atomic mass is 14.0. The van der Waals surface area contributed by atoms with Gasteiger partial charge in [0.05, 0.1) is 0 Å². The average molecular weight is 397 g/mol. The molecule has 3 aromatic carbocycles. The van der Waals surface area contributed by atoms with E-state index in [0.717, 1.165) is 5.57 Å². The van der Waals surface area contributed by atoms with E-state index in [4.69, 9.17) is 0 Å². The number of aryl methyl sites for hydroxylation is 2. The van der Waals surface area contributed by atoms with Crippen LogP contribution in [0.5, 0.6) is 0 Å². The molecule has 0 bridgehead atoms. The fraction of sp³-hybridized carbons (Fsp3) is 0.200. The van der Waals surface area contributed by atoms with E-state index in [2.05, 4.69) is 114 Å². The number of unbranched alkanes of at least 4 members (excludes halogenated alkanes) is 1. The Morgan fingerprint density at radius 1 is 0.667 bits per heavy atom. The molecular weight excluding hydrogens is 360 g/mol. The van der Waals surface area contributed by atoms with Gasteiger partial charge in [-0.2, -0.15) is 0 Å². The lowest BCUT2D eigenvalue weighted by Crippen LogP contribution is -1.80. The summed E-state index contributed by atoms with van der Waals surface area (Å²) in [5.41, 5.74) is 7.43. The molecule has 0 amide bonds. The molecular formula is C30H36. The lowest BCUT2D eigenvalue weighted by atomic mass is 10.0. The average Bonchev–Trinajstić information content (AvgIpc) is 2.80. The van der Waals surface area contributed by atoms with Gasteiger partial charge in [0, 0.05) is 0 Å². The van der Waals surface area contributed by atoms with E-state index in [1.54, 1.807) is 6.08 Å². The number of hydrogen-bond donors (Lipinski definition) is 0. The second-order valence-corrected chi connectivity index (χ2v) is 7.16. The Balaban J connectivity index is 0.000000256. The van der Waals surface area contributed by atoms with Crippen LogP contribution in [-0.4, -0.2) is 0 Å². The van der Waals surface area contributed by atoms with E-state index in [1.165, 1.54) is 40.7 Å². The second kappa shape index (κ2) is 14.8. The molecule has 0 heterocycles. The van der Waals surface area contributed by atoms with Gasteiger partial charge in [-0.3, -0.25) is 0 Å². The predicted octanol–water partition coefficient (Wildman–Crippen LogP) is 9.22. The van der Waals surface area contributed by atoms with Crippen molar-refractivity contribution in [3.05, 3.63) is 127 Å². The Morgan fingerprint density at radius 2 is 1.13 bits per heavy atom. The normalized spacial score (nSPS) is 10.1. The van der Waals surface area contributed by atoms with E-state index in [0.29, 0.717) is 0 Å². The Morgan fingerprint density at radius 3 is 1.57 bits per heavy atom. The Labute approximate surface area is 184 Å². The molecule has 0 aromatic heterocycles. The Hall–Kier alpha value is -3.12. The van der Waals surface area contributed by atoms with Crippen LogP contribution >= 0.6 is 0 Å². The lowest BCUT2D eigenvalue weighted by molar-refractivity contribution is 0.886. The SMILES string of the molecule is C=C/C=C(\C=C)c1ccc(C)cc1.CCCC.Cc1ccc(-c2ccccc2)cc1. The van der Waals surface area contributed by atoms with Crippen molar-refractivity contribution in [1.29, 1.82) is 0 Å². The predicted molar refractivity (Wildman–Crippen MR) is 137 cm³/mol. The van der Waals surface area contributed by atoms with Gasteiger partial charge in [0.2, 0.25) is 0 Å². The highest BCUT2D eigenvalue weighted by Crippen LogP contribution is 2.18. The van der Waals surface area contributed by atoms with Crippen LogP contribution in [0.4, 0.5) is 0 Å². The third-order valence-corrected chi connectivity index (χ3v) is 4.56. The highest BCUT2D eigenvalue weighted by Gasteiger charge is 1.95. The molecule has 0 atom stereocenters. The first-order chi connectivity index (χ1) is 14.5. The monoisotopic (exact) mass is 396 g/mol. The van der Waals surface area contributed by atoms with Crippen molar-refractivity contribution in [2.75, 3.05) is 0 Å². The summed E-state index contributed by atoms with van der Waals surface area (Å²) in [6.07, 6.45) is 8.21. The first kappa shape index (κ1) is 24.9. The first-order valence-electron chi connectivity index (χ1n) is 10.7. The van der Waals surface area contributed by atoms with Gasteiger partial charge in [-0.25, -0.2) is 0 Å². The molecule has 0 saturated heterocycles. The minimum Gasteiger partial charge on any atom is -0.0990 e. The van der Waals surface area contributed by atoms with Crippen molar-refractivity contribution >= 4 is 5.57 Å². The fourth-order valence-electron chi connectivity index (χ4n) is 2.53. The molecule has 30 heavy (non-hydrogen) atoms. The molecule has 3 aromatic rings. The van der Waals surface area contributed by atoms with Gasteiger partial charge in [0.15, 0.2) is 0 Å². The molecule has 0 aliphatic heterocycles. The second-order valence-electron chi connectivity index (χ2n) is 7.16. The van der Waals surface area contributed by atoms with Crippen LogP contribution in [0.25, 0.3) is 16.7 Å². The molecule has 0 heteroatoms. The number of allylic oxidation sites excluding steroid dienone is 4. The van der Waals surface area contributed by atoms with Crippen LogP contribution in [0.1, 0.15) is 43.4 Å². The minimum atomic E-state index is 1.11. The molecule has 0 N–H and O–H groups in total. The van der Waals surface area contributed by atoms with Crippen LogP contribution in [0, 0.1) is 13.8 Å². The van der Waals surface area contributed by atoms with Crippen LogP contribution in [-0.2, 0) is 0 Å². The standard InChI is InChI=1S/C13H12.C13H14.C4H10/c1-11-7-9-13(10-8-11)12-5-3-2-4-6-12;1-4-6-12(5-2)13-9-7-11(3)8-10-13;1-3-4-2/h2-10H,1H3;4-10H,1-2H2,3H3;3-4H2,1-2H3/b;12-6+;. The van der Waals surface area contributed by atoms with Crippen molar-refractivity contribution in [3.8, 4) is 11.1 Å². The largest absolute Gasteiger partial charge is 0.0990 e. The molecule has 0 fully saturated rings. The number of hydrogen-bond acceptors (Lipinski definition) is 0. The van der Waals surface area contributed by atoms with Crippen molar-refractivity contribution in [1.82, 2.24) is 0 Å². The minimum absolute atomic E-state index is 1.11. The van der Waals surface area contributed by atoms with Crippen LogP contribution in [0.2, 0.25) is 0 Å². The molecule has 0 aliphatic rings. The summed E-state index contributed by atoms with van der Waals surface area (Å²) in [4.78, 5) is 0. The lowest BCUT2D eigenvalue weighted by Gasteiger charge is -2.01. The summed E-state index contributed by atoms with van der Waals surface area (Å²) in [5.74, 6) is 0. The topological polar surface area (TPSA) is 0 Å². The van der Waals surface area contributed by atoms with Crippen LogP contribution < -0.4 is 0 Å². The summed E-state index contributed by atoms with van der Waals surface area (Å²) < 4.78 is 0. The van der Waals surface area contributed by atoms with E-state index in [1.807, 2.05) is 18.2 Å². The molecule has 156 valence electrons. The van der Waals surface area contributed by atoms with Gasteiger partial charge in [-0.05, 0) is 36.1 Å².